The summed E-state index contributed by atoms with van der Waals surface area (Å²) < 4.78 is 0. The van der Waals surface area contributed by atoms with Crippen molar-refractivity contribution in [1.82, 2.24) is 4.90 Å². The van der Waals surface area contributed by atoms with Crippen LogP contribution in [-0.4, -0.2) is 40.3 Å². The zero-order chi connectivity index (χ0) is 18.6. The van der Waals surface area contributed by atoms with E-state index < -0.39 is 11.7 Å². The van der Waals surface area contributed by atoms with Gasteiger partial charge in [-0.3, -0.25) is 0 Å². The maximum Gasteiger partial charge on any atom is 0.0802 e. The highest BCUT2D eigenvalue weighted by atomic mass is 35.5. The molecule has 1 saturated heterocycles. The van der Waals surface area contributed by atoms with E-state index in [0.717, 1.165) is 38.0 Å². The molecule has 27 heavy (non-hydrogen) atoms. The highest BCUT2D eigenvalue weighted by Crippen LogP contribution is 2.29. The molecular formula is C21H26Cl3NO2. The Morgan fingerprint density at radius 2 is 1.67 bits per heavy atom. The highest BCUT2D eigenvalue weighted by Gasteiger charge is 2.32. The summed E-state index contributed by atoms with van der Waals surface area (Å²) in [6, 6.07) is 15.4. The summed E-state index contributed by atoms with van der Waals surface area (Å²) in [4.78, 5) is 2.31. The molecule has 0 radical (unpaired) electrons. The zero-order valence-electron chi connectivity index (χ0n) is 15.2. The minimum atomic E-state index is -0.625. The van der Waals surface area contributed by atoms with Gasteiger partial charge in [0.25, 0.3) is 0 Å². The molecule has 1 aliphatic rings. The third-order valence-electron chi connectivity index (χ3n) is 5.21. The zero-order valence-corrected chi connectivity index (χ0v) is 17.5. The minimum absolute atomic E-state index is 0. The lowest BCUT2D eigenvalue weighted by Gasteiger charge is -2.38. The average molecular weight is 431 g/mol. The molecule has 0 bridgehead atoms. The monoisotopic (exact) mass is 429 g/mol. The molecule has 3 rings (SSSR count). The lowest BCUT2D eigenvalue weighted by Crippen LogP contribution is -2.46. The number of hydrogen-bond acceptors (Lipinski definition) is 3. The molecule has 1 unspecified atom stereocenters. The minimum Gasteiger partial charge on any atom is -0.389 e. The normalized spacial score (nSPS) is 17.9. The molecule has 0 amide bonds. The quantitative estimate of drug-likeness (QED) is 0.684. The molecule has 1 heterocycles. The van der Waals surface area contributed by atoms with E-state index in [-0.39, 0.29) is 12.4 Å². The first kappa shape index (κ1) is 22.5. The van der Waals surface area contributed by atoms with Crippen LogP contribution in [0.2, 0.25) is 10.0 Å². The largest absolute Gasteiger partial charge is 0.389 e. The Morgan fingerprint density at radius 1 is 1.00 bits per heavy atom. The number of piperidine rings is 1. The van der Waals surface area contributed by atoms with Crippen LogP contribution in [0.3, 0.4) is 0 Å². The third-order valence-corrected chi connectivity index (χ3v) is 5.95. The van der Waals surface area contributed by atoms with Crippen molar-refractivity contribution in [3.8, 4) is 0 Å². The second kappa shape index (κ2) is 10.1. The van der Waals surface area contributed by atoms with Gasteiger partial charge in [0.15, 0.2) is 0 Å². The van der Waals surface area contributed by atoms with Gasteiger partial charge in [0, 0.05) is 26.1 Å². The maximum absolute atomic E-state index is 10.9. The van der Waals surface area contributed by atoms with Gasteiger partial charge < -0.3 is 15.1 Å². The van der Waals surface area contributed by atoms with Gasteiger partial charge in [0.2, 0.25) is 0 Å². The molecule has 6 heteroatoms. The molecule has 1 fully saturated rings. The standard InChI is InChI=1S/C21H25Cl2NO2.ClH/c22-18-7-6-17(14-19(18)23)20(25)8-11-24-12-9-21(26,10-13-24)15-16-4-2-1-3-5-16;/h1-7,14,20,25-26H,8-13,15H2;1H. The van der Waals surface area contributed by atoms with Gasteiger partial charge in [0.1, 0.15) is 0 Å². The number of aliphatic hydroxyl groups excluding tert-OH is 1. The van der Waals surface area contributed by atoms with E-state index in [1.165, 1.54) is 5.56 Å². The van der Waals surface area contributed by atoms with Crippen LogP contribution < -0.4 is 0 Å². The predicted molar refractivity (Wildman–Crippen MR) is 114 cm³/mol. The summed E-state index contributed by atoms with van der Waals surface area (Å²) in [6.07, 6.45) is 2.29. The van der Waals surface area contributed by atoms with E-state index >= 15 is 0 Å². The number of nitrogens with zero attached hydrogens (tertiary/aromatic N) is 1. The molecule has 2 aromatic carbocycles. The van der Waals surface area contributed by atoms with E-state index in [9.17, 15) is 10.2 Å². The third kappa shape index (κ3) is 6.35. The summed E-state index contributed by atoms with van der Waals surface area (Å²) in [5.41, 5.74) is 1.34. The SMILES string of the molecule is Cl.OC(CCN1CCC(O)(Cc2ccccc2)CC1)c1ccc(Cl)c(Cl)c1. The van der Waals surface area contributed by atoms with Crippen molar-refractivity contribution in [2.24, 2.45) is 0 Å². The molecule has 0 aromatic heterocycles. The van der Waals surface area contributed by atoms with Crippen molar-refractivity contribution < 1.29 is 10.2 Å². The number of benzene rings is 2. The van der Waals surface area contributed by atoms with E-state index in [1.54, 1.807) is 12.1 Å². The summed E-state index contributed by atoms with van der Waals surface area (Å²) in [7, 11) is 0. The molecule has 148 valence electrons. The first-order chi connectivity index (χ1) is 12.5. The predicted octanol–water partition coefficient (Wildman–Crippen LogP) is 4.91. The van der Waals surface area contributed by atoms with E-state index in [2.05, 4.69) is 17.0 Å². The molecule has 0 saturated carbocycles. The number of aliphatic hydroxyl groups is 2. The fourth-order valence-electron chi connectivity index (χ4n) is 3.54. The molecule has 0 aliphatic carbocycles. The Kier molecular flexibility index (Phi) is 8.41. The fourth-order valence-corrected chi connectivity index (χ4v) is 3.84. The summed E-state index contributed by atoms with van der Waals surface area (Å²) in [5.74, 6) is 0. The van der Waals surface area contributed by atoms with Gasteiger partial charge >= 0.3 is 0 Å². The molecule has 2 aromatic rings. The van der Waals surface area contributed by atoms with Crippen molar-refractivity contribution in [3.05, 3.63) is 69.7 Å². The summed E-state index contributed by atoms with van der Waals surface area (Å²) in [6.45, 7) is 2.48. The number of halogens is 3. The van der Waals surface area contributed by atoms with Crippen LogP contribution >= 0.6 is 35.6 Å². The van der Waals surface area contributed by atoms with Crippen molar-refractivity contribution >= 4 is 35.6 Å². The summed E-state index contributed by atoms with van der Waals surface area (Å²) in [5, 5.41) is 22.2. The first-order valence-electron chi connectivity index (χ1n) is 9.07. The molecule has 1 atom stereocenters. The first-order valence-corrected chi connectivity index (χ1v) is 9.82. The van der Waals surface area contributed by atoms with Gasteiger partial charge in [-0.1, -0.05) is 59.6 Å². The Morgan fingerprint density at radius 3 is 2.30 bits per heavy atom. The van der Waals surface area contributed by atoms with E-state index in [4.69, 9.17) is 23.2 Å². The van der Waals surface area contributed by atoms with Crippen molar-refractivity contribution in [3.63, 3.8) is 0 Å². The fraction of sp³-hybridized carbons (Fsp3) is 0.429. The lowest BCUT2D eigenvalue weighted by atomic mass is 9.85. The van der Waals surface area contributed by atoms with Gasteiger partial charge in [-0.25, -0.2) is 0 Å². The second-order valence-electron chi connectivity index (χ2n) is 7.21. The molecule has 3 nitrogen and oxygen atoms in total. The number of hydrogen-bond donors (Lipinski definition) is 2. The van der Waals surface area contributed by atoms with E-state index in [0.29, 0.717) is 22.9 Å². The Balaban J connectivity index is 0.00000261. The van der Waals surface area contributed by atoms with Gasteiger partial charge in [0.05, 0.1) is 21.8 Å². The average Bonchev–Trinajstić information content (AvgIpc) is 2.64. The topological polar surface area (TPSA) is 43.7 Å². The van der Waals surface area contributed by atoms with Crippen LogP contribution in [0.15, 0.2) is 48.5 Å². The Hall–Kier alpha value is -0.810. The van der Waals surface area contributed by atoms with Gasteiger partial charge in [-0.05, 0) is 42.5 Å². The molecule has 2 N–H and O–H groups in total. The maximum atomic E-state index is 10.9. The van der Waals surface area contributed by atoms with Crippen LogP contribution in [0.1, 0.15) is 36.5 Å². The van der Waals surface area contributed by atoms with Gasteiger partial charge in [-0.15, -0.1) is 12.4 Å². The van der Waals surface area contributed by atoms with Crippen LogP contribution in [0.25, 0.3) is 0 Å². The Bertz CT molecular complexity index is 719. The second-order valence-corrected chi connectivity index (χ2v) is 8.02. The van der Waals surface area contributed by atoms with Crippen molar-refractivity contribution in [2.45, 2.75) is 37.4 Å². The van der Waals surface area contributed by atoms with Crippen LogP contribution in [0, 0.1) is 0 Å². The molecule has 1 aliphatic heterocycles. The van der Waals surface area contributed by atoms with Crippen molar-refractivity contribution in [2.75, 3.05) is 19.6 Å². The van der Waals surface area contributed by atoms with Crippen LogP contribution in [-0.2, 0) is 6.42 Å². The van der Waals surface area contributed by atoms with Gasteiger partial charge in [-0.2, -0.15) is 0 Å². The van der Waals surface area contributed by atoms with Crippen LogP contribution in [0.4, 0.5) is 0 Å². The van der Waals surface area contributed by atoms with Crippen LogP contribution in [0.5, 0.6) is 0 Å². The van der Waals surface area contributed by atoms with E-state index in [1.807, 2.05) is 24.3 Å². The smallest absolute Gasteiger partial charge is 0.0802 e. The Labute approximate surface area is 177 Å². The molecule has 0 spiro atoms. The number of likely N-dealkylation sites (tertiary alicyclic amines) is 1. The lowest BCUT2D eigenvalue weighted by molar-refractivity contribution is -0.0229. The molecular weight excluding hydrogens is 405 g/mol. The highest BCUT2D eigenvalue weighted by molar-refractivity contribution is 6.42. The summed E-state index contributed by atoms with van der Waals surface area (Å²) >= 11 is 11.9. The number of rotatable bonds is 6. The van der Waals surface area contributed by atoms with Crippen molar-refractivity contribution in [1.29, 1.82) is 0 Å².